The fourth-order valence-electron chi connectivity index (χ4n) is 1.81. The zero-order chi connectivity index (χ0) is 12.6. The molecule has 96 valence electrons. The molecular formula is C15H19NO2. The summed E-state index contributed by atoms with van der Waals surface area (Å²) in [5.74, 6) is 0. The van der Waals surface area contributed by atoms with Crippen molar-refractivity contribution >= 4 is 16.5 Å². The third kappa shape index (κ3) is 3.72. The Kier molecular flexibility index (Phi) is 5.00. The first-order valence-corrected chi connectivity index (χ1v) is 6.19. The summed E-state index contributed by atoms with van der Waals surface area (Å²) >= 11 is 0. The summed E-state index contributed by atoms with van der Waals surface area (Å²) in [4.78, 5) is 0. The third-order valence-corrected chi connectivity index (χ3v) is 2.76. The molecule has 0 aliphatic carbocycles. The van der Waals surface area contributed by atoms with Crippen LogP contribution in [0.25, 0.3) is 10.8 Å². The van der Waals surface area contributed by atoms with Gasteiger partial charge in [0, 0.05) is 19.3 Å². The lowest BCUT2D eigenvalue weighted by atomic mass is 10.1. The first kappa shape index (κ1) is 12.9. The van der Waals surface area contributed by atoms with E-state index >= 15 is 0 Å². The molecule has 0 atom stereocenters. The van der Waals surface area contributed by atoms with Gasteiger partial charge < -0.3 is 14.8 Å². The van der Waals surface area contributed by atoms with Crippen molar-refractivity contribution in [3.05, 3.63) is 42.5 Å². The molecule has 0 fully saturated rings. The van der Waals surface area contributed by atoms with Crippen LogP contribution in [0.2, 0.25) is 0 Å². The van der Waals surface area contributed by atoms with Crippen LogP contribution in [-0.2, 0) is 9.47 Å². The summed E-state index contributed by atoms with van der Waals surface area (Å²) in [6.07, 6.45) is 0. The highest BCUT2D eigenvalue weighted by molar-refractivity contribution is 5.85. The minimum Gasteiger partial charge on any atom is -0.383 e. The Balaban J connectivity index is 1.81. The van der Waals surface area contributed by atoms with Gasteiger partial charge in [0.2, 0.25) is 0 Å². The number of nitrogens with one attached hydrogen (secondary N) is 1. The highest BCUT2D eigenvalue weighted by atomic mass is 16.5. The average Bonchev–Trinajstić information content (AvgIpc) is 2.42. The van der Waals surface area contributed by atoms with Gasteiger partial charge in [0.1, 0.15) is 0 Å². The average molecular weight is 245 g/mol. The fraction of sp³-hybridized carbons (Fsp3) is 0.333. The van der Waals surface area contributed by atoms with Crippen molar-refractivity contribution in [2.45, 2.75) is 0 Å². The normalized spacial score (nSPS) is 10.7. The zero-order valence-electron chi connectivity index (χ0n) is 10.7. The van der Waals surface area contributed by atoms with Crippen molar-refractivity contribution in [3.8, 4) is 0 Å². The van der Waals surface area contributed by atoms with Crippen molar-refractivity contribution in [2.75, 3.05) is 38.8 Å². The van der Waals surface area contributed by atoms with E-state index in [1.807, 2.05) is 0 Å². The predicted octanol–water partition coefficient (Wildman–Crippen LogP) is 2.91. The Labute approximate surface area is 108 Å². The Hall–Kier alpha value is -1.58. The van der Waals surface area contributed by atoms with Crippen LogP contribution in [0.15, 0.2) is 42.5 Å². The van der Waals surface area contributed by atoms with E-state index < -0.39 is 0 Å². The van der Waals surface area contributed by atoms with Crippen molar-refractivity contribution in [1.82, 2.24) is 0 Å². The molecule has 18 heavy (non-hydrogen) atoms. The standard InChI is InChI=1S/C15H19NO2/c1-17-10-11-18-9-8-16-15-7-6-13-4-2-3-5-14(13)12-15/h2-7,12,16H,8-11H2,1H3. The lowest BCUT2D eigenvalue weighted by Crippen LogP contribution is -2.11. The Morgan fingerprint density at radius 2 is 1.78 bits per heavy atom. The van der Waals surface area contributed by atoms with Crippen molar-refractivity contribution in [1.29, 1.82) is 0 Å². The van der Waals surface area contributed by atoms with Gasteiger partial charge in [-0.05, 0) is 22.9 Å². The molecule has 3 heteroatoms. The summed E-state index contributed by atoms with van der Waals surface area (Å²) in [7, 11) is 1.68. The highest BCUT2D eigenvalue weighted by Crippen LogP contribution is 2.18. The molecule has 1 N–H and O–H groups in total. The van der Waals surface area contributed by atoms with Gasteiger partial charge in [0.05, 0.1) is 19.8 Å². The molecule has 0 aliphatic heterocycles. The Bertz CT molecular complexity index is 485. The third-order valence-electron chi connectivity index (χ3n) is 2.76. The van der Waals surface area contributed by atoms with Gasteiger partial charge in [0.25, 0.3) is 0 Å². The molecule has 0 spiro atoms. The van der Waals surface area contributed by atoms with Gasteiger partial charge in [-0.25, -0.2) is 0 Å². The number of hydrogen-bond acceptors (Lipinski definition) is 3. The van der Waals surface area contributed by atoms with Crippen molar-refractivity contribution in [2.24, 2.45) is 0 Å². The molecule has 0 amide bonds. The molecule has 0 aliphatic rings. The highest BCUT2D eigenvalue weighted by Gasteiger charge is 1.95. The molecule has 0 unspecified atom stereocenters. The van der Waals surface area contributed by atoms with Crippen LogP contribution in [0, 0.1) is 0 Å². The zero-order valence-corrected chi connectivity index (χ0v) is 10.7. The molecule has 2 aromatic rings. The first-order chi connectivity index (χ1) is 8.90. The maximum absolute atomic E-state index is 5.40. The van der Waals surface area contributed by atoms with Crippen molar-refractivity contribution in [3.63, 3.8) is 0 Å². The molecule has 2 aromatic carbocycles. The van der Waals surface area contributed by atoms with E-state index in [1.165, 1.54) is 10.8 Å². The van der Waals surface area contributed by atoms with Gasteiger partial charge in [-0.15, -0.1) is 0 Å². The van der Waals surface area contributed by atoms with Crippen LogP contribution >= 0.6 is 0 Å². The van der Waals surface area contributed by atoms with Gasteiger partial charge in [-0.2, -0.15) is 0 Å². The SMILES string of the molecule is COCCOCCNc1ccc2ccccc2c1. The van der Waals surface area contributed by atoms with Crippen LogP contribution in [0.4, 0.5) is 5.69 Å². The summed E-state index contributed by atoms with van der Waals surface area (Å²) in [5, 5.41) is 5.86. The minimum absolute atomic E-state index is 0.649. The second kappa shape index (κ2) is 6.99. The van der Waals surface area contributed by atoms with Gasteiger partial charge >= 0.3 is 0 Å². The fourth-order valence-corrected chi connectivity index (χ4v) is 1.81. The summed E-state index contributed by atoms with van der Waals surface area (Å²) in [6.45, 7) is 2.80. The molecule has 0 bridgehead atoms. The molecular weight excluding hydrogens is 226 g/mol. The van der Waals surface area contributed by atoms with Gasteiger partial charge in [-0.1, -0.05) is 30.3 Å². The smallest absolute Gasteiger partial charge is 0.0701 e. The molecule has 0 radical (unpaired) electrons. The maximum Gasteiger partial charge on any atom is 0.0701 e. The summed E-state index contributed by atoms with van der Waals surface area (Å²) < 4.78 is 10.3. The topological polar surface area (TPSA) is 30.5 Å². The van der Waals surface area contributed by atoms with E-state index in [2.05, 4.69) is 47.8 Å². The lowest BCUT2D eigenvalue weighted by Gasteiger charge is -2.08. The Morgan fingerprint density at radius 1 is 0.944 bits per heavy atom. The second-order valence-electron chi connectivity index (χ2n) is 4.09. The lowest BCUT2D eigenvalue weighted by molar-refractivity contribution is 0.0759. The molecule has 0 saturated heterocycles. The predicted molar refractivity (Wildman–Crippen MR) is 75.1 cm³/mol. The van der Waals surface area contributed by atoms with Crippen LogP contribution in [0.5, 0.6) is 0 Å². The molecule has 0 aromatic heterocycles. The maximum atomic E-state index is 5.40. The monoisotopic (exact) mass is 245 g/mol. The van der Waals surface area contributed by atoms with E-state index in [4.69, 9.17) is 9.47 Å². The van der Waals surface area contributed by atoms with Gasteiger partial charge in [0.15, 0.2) is 0 Å². The quantitative estimate of drug-likeness (QED) is 0.761. The van der Waals surface area contributed by atoms with E-state index in [9.17, 15) is 0 Å². The molecule has 3 nitrogen and oxygen atoms in total. The van der Waals surface area contributed by atoms with Crippen LogP contribution in [-0.4, -0.2) is 33.5 Å². The summed E-state index contributed by atoms with van der Waals surface area (Å²) in [5.41, 5.74) is 1.13. The van der Waals surface area contributed by atoms with Gasteiger partial charge in [-0.3, -0.25) is 0 Å². The summed E-state index contributed by atoms with van der Waals surface area (Å²) in [6, 6.07) is 14.7. The largest absolute Gasteiger partial charge is 0.383 e. The second-order valence-corrected chi connectivity index (χ2v) is 4.09. The minimum atomic E-state index is 0.649. The van der Waals surface area contributed by atoms with E-state index in [-0.39, 0.29) is 0 Å². The van der Waals surface area contributed by atoms with Crippen LogP contribution in [0.3, 0.4) is 0 Å². The molecule has 0 heterocycles. The number of ether oxygens (including phenoxy) is 2. The van der Waals surface area contributed by atoms with E-state index in [0.29, 0.717) is 19.8 Å². The number of anilines is 1. The number of benzene rings is 2. The van der Waals surface area contributed by atoms with E-state index in [0.717, 1.165) is 12.2 Å². The first-order valence-electron chi connectivity index (χ1n) is 6.19. The van der Waals surface area contributed by atoms with E-state index in [1.54, 1.807) is 7.11 Å². The number of rotatable bonds is 7. The van der Waals surface area contributed by atoms with Crippen molar-refractivity contribution < 1.29 is 9.47 Å². The number of fused-ring (bicyclic) bond motifs is 1. The van der Waals surface area contributed by atoms with Crippen LogP contribution < -0.4 is 5.32 Å². The Morgan fingerprint density at radius 3 is 2.61 bits per heavy atom. The number of hydrogen-bond donors (Lipinski definition) is 1. The van der Waals surface area contributed by atoms with Crippen LogP contribution in [0.1, 0.15) is 0 Å². The number of methoxy groups -OCH3 is 1. The molecule has 2 rings (SSSR count). The molecule has 0 saturated carbocycles.